The van der Waals surface area contributed by atoms with Gasteiger partial charge in [-0.3, -0.25) is 5.43 Å². The quantitative estimate of drug-likeness (QED) is 0.619. The normalized spacial score (nSPS) is 10.6. The highest BCUT2D eigenvalue weighted by Crippen LogP contribution is 2.27. The van der Waals surface area contributed by atoms with Crippen LogP contribution in [0.25, 0.3) is 0 Å². The Labute approximate surface area is 125 Å². The lowest BCUT2D eigenvalue weighted by atomic mass is 10.2. The van der Waals surface area contributed by atoms with Gasteiger partial charge in [0.15, 0.2) is 11.5 Å². The van der Waals surface area contributed by atoms with Crippen LogP contribution in [-0.4, -0.2) is 19.9 Å². The molecule has 0 fully saturated rings. The highest BCUT2D eigenvalue weighted by Gasteiger charge is 2.04. The molecule has 2 rings (SSSR count). The summed E-state index contributed by atoms with van der Waals surface area (Å²) < 4.78 is 11.0. The van der Waals surface area contributed by atoms with E-state index in [-0.39, 0.29) is 0 Å². The summed E-state index contributed by atoms with van der Waals surface area (Å²) in [6.45, 7) is 2.75. The lowest BCUT2D eigenvalue weighted by Crippen LogP contribution is -1.98. The van der Waals surface area contributed by atoms with Crippen LogP contribution in [0.2, 0.25) is 0 Å². The van der Waals surface area contributed by atoms with Crippen molar-refractivity contribution in [1.82, 2.24) is 0 Å². The maximum absolute atomic E-state index is 5.62. The molecule has 1 N–H and O–H groups in total. The summed E-state index contributed by atoms with van der Waals surface area (Å²) in [5.41, 5.74) is 4.87. The Morgan fingerprint density at radius 2 is 1.90 bits per heavy atom. The molecule has 21 heavy (non-hydrogen) atoms. The van der Waals surface area contributed by atoms with Crippen molar-refractivity contribution in [2.75, 3.05) is 19.1 Å². The van der Waals surface area contributed by atoms with Crippen LogP contribution in [0.1, 0.15) is 18.9 Å². The first-order valence-corrected chi connectivity index (χ1v) is 6.98. The van der Waals surface area contributed by atoms with Gasteiger partial charge in [0.2, 0.25) is 0 Å². The third-order valence-corrected chi connectivity index (χ3v) is 2.83. The molecule has 0 amide bonds. The molecule has 0 atom stereocenters. The third kappa shape index (κ3) is 4.53. The zero-order chi connectivity index (χ0) is 14.9. The van der Waals surface area contributed by atoms with Gasteiger partial charge in [0.25, 0.3) is 0 Å². The van der Waals surface area contributed by atoms with Gasteiger partial charge >= 0.3 is 0 Å². The monoisotopic (exact) mass is 284 g/mol. The number of ether oxygens (including phenoxy) is 2. The molecule has 4 nitrogen and oxygen atoms in total. The number of nitrogens with one attached hydrogen (secondary N) is 1. The van der Waals surface area contributed by atoms with E-state index in [4.69, 9.17) is 9.47 Å². The average Bonchev–Trinajstić information content (AvgIpc) is 2.54. The average molecular weight is 284 g/mol. The highest BCUT2D eigenvalue weighted by molar-refractivity contribution is 5.81. The molecule has 0 saturated carbocycles. The van der Waals surface area contributed by atoms with E-state index in [0.717, 1.165) is 23.4 Å². The Balaban J connectivity index is 2.03. The van der Waals surface area contributed by atoms with Crippen molar-refractivity contribution < 1.29 is 9.47 Å². The van der Waals surface area contributed by atoms with E-state index in [0.29, 0.717) is 12.4 Å². The van der Waals surface area contributed by atoms with Crippen LogP contribution in [0.3, 0.4) is 0 Å². The molecule has 0 spiro atoms. The van der Waals surface area contributed by atoms with E-state index >= 15 is 0 Å². The molecule has 0 aromatic heterocycles. The molecular weight excluding hydrogens is 264 g/mol. The lowest BCUT2D eigenvalue weighted by molar-refractivity contribution is 0.294. The van der Waals surface area contributed by atoms with Gasteiger partial charge in [-0.05, 0) is 42.3 Å². The number of para-hydroxylation sites is 1. The van der Waals surface area contributed by atoms with Crippen LogP contribution in [0.4, 0.5) is 5.69 Å². The summed E-state index contributed by atoms with van der Waals surface area (Å²) in [6, 6.07) is 15.6. The molecule has 0 radical (unpaired) electrons. The van der Waals surface area contributed by atoms with E-state index in [1.165, 1.54) is 0 Å². The van der Waals surface area contributed by atoms with Gasteiger partial charge in [-0.15, -0.1) is 0 Å². The fourth-order valence-corrected chi connectivity index (χ4v) is 1.79. The molecule has 110 valence electrons. The summed E-state index contributed by atoms with van der Waals surface area (Å²) in [7, 11) is 1.64. The Bertz CT molecular complexity index is 583. The molecule has 0 aliphatic carbocycles. The molecule has 0 aliphatic heterocycles. The topological polar surface area (TPSA) is 42.8 Å². The molecule has 0 bridgehead atoms. The Morgan fingerprint density at radius 1 is 1.10 bits per heavy atom. The van der Waals surface area contributed by atoms with Crippen molar-refractivity contribution in [1.29, 1.82) is 0 Å². The second kappa shape index (κ2) is 7.94. The molecule has 0 aliphatic rings. The summed E-state index contributed by atoms with van der Waals surface area (Å²) in [5, 5.41) is 4.21. The SMILES string of the molecule is CCCOc1ccc(/C=N/Nc2ccccc2)cc1OC. The van der Waals surface area contributed by atoms with Crippen LogP contribution in [-0.2, 0) is 0 Å². The van der Waals surface area contributed by atoms with Crippen LogP contribution >= 0.6 is 0 Å². The summed E-state index contributed by atoms with van der Waals surface area (Å²) in [6.07, 6.45) is 2.71. The van der Waals surface area contributed by atoms with Gasteiger partial charge in [0, 0.05) is 0 Å². The van der Waals surface area contributed by atoms with Crippen molar-refractivity contribution in [3.8, 4) is 11.5 Å². The van der Waals surface area contributed by atoms with Gasteiger partial charge in [-0.2, -0.15) is 5.10 Å². The summed E-state index contributed by atoms with van der Waals surface area (Å²) >= 11 is 0. The predicted molar refractivity (Wildman–Crippen MR) is 86.4 cm³/mol. The number of hydrogen-bond donors (Lipinski definition) is 1. The molecular formula is C17H20N2O2. The van der Waals surface area contributed by atoms with E-state index in [1.54, 1.807) is 13.3 Å². The zero-order valence-electron chi connectivity index (χ0n) is 12.4. The van der Waals surface area contributed by atoms with E-state index < -0.39 is 0 Å². The van der Waals surface area contributed by atoms with E-state index in [2.05, 4.69) is 17.5 Å². The number of nitrogens with zero attached hydrogens (tertiary/aromatic N) is 1. The predicted octanol–water partition coefficient (Wildman–Crippen LogP) is 3.93. The van der Waals surface area contributed by atoms with Gasteiger partial charge in [0.05, 0.1) is 25.6 Å². The number of hydrazone groups is 1. The van der Waals surface area contributed by atoms with Crippen molar-refractivity contribution in [2.45, 2.75) is 13.3 Å². The van der Waals surface area contributed by atoms with Crippen molar-refractivity contribution in [2.24, 2.45) is 5.10 Å². The summed E-state index contributed by atoms with van der Waals surface area (Å²) in [5.74, 6) is 1.47. The minimum Gasteiger partial charge on any atom is -0.493 e. The van der Waals surface area contributed by atoms with E-state index in [9.17, 15) is 0 Å². The fraction of sp³-hybridized carbons (Fsp3) is 0.235. The highest BCUT2D eigenvalue weighted by atomic mass is 16.5. The van der Waals surface area contributed by atoms with Gasteiger partial charge in [-0.1, -0.05) is 25.1 Å². The minimum atomic E-state index is 0.680. The van der Waals surface area contributed by atoms with Crippen molar-refractivity contribution in [3.63, 3.8) is 0 Å². The van der Waals surface area contributed by atoms with Gasteiger partial charge in [0.1, 0.15) is 0 Å². The minimum absolute atomic E-state index is 0.680. The van der Waals surface area contributed by atoms with Crippen LogP contribution in [0, 0.1) is 0 Å². The largest absolute Gasteiger partial charge is 0.493 e. The van der Waals surface area contributed by atoms with Gasteiger partial charge in [-0.25, -0.2) is 0 Å². The number of rotatable bonds is 7. The Morgan fingerprint density at radius 3 is 2.62 bits per heavy atom. The molecule has 0 heterocycles. The number of anilines is 1. The molecule has 4 heteroatoms. The number of benzene rings is 2. The van der Waals surface area contributed by atoms with E-state index in [1.807, 2.05) is 48.5 Å². The van der Waals surface area contributed by atoms with Crippen LogP contribution < -0.4 is 14.9 Å². The first-order chi connectivity index (χ1) is 10.3. The molecule has 0 saturated heterocycles. The second-order valence-electron chi connectivity index (χ2n) is 4.49. The maximum Gasteiger partial charge on any atom is 0.161 e. The lowest BCUT2D eigenvalue weighted by Gasteiger charge is -2.10. The van der Waals surface area contributed by atoms with Crippen molar-refractivity contribution >= 4 is 11.9 Å². The fourth-order valence-electron chi connectivity index (χ4n) is 1.79. The maximum atomic E-state index is 5.62. The van der Waals surface area contributed by atoms with Crippen LogP contribution in [0.15, 0.2) is 53.6 Å². The Hall–Kier alpha value is -2.49. The number of hydrogen-bond acceptors (Lipinski definition) is 4. The third-order valence-electron chi connectivity index (χ3n) is 2.83. The Kier molecular flexibility index (Phi) is 5.64. The first kappa shape index (κ1) is 14.9. The zero-order valence-corrected chi connectivity index (χ0v) is 12.4. The summed E-state index contributed by atoms with van der Waals surface area (Å²) in [4.78, 5) is 0. The molecule has 2 aromatic carbocycles. The molecule has 0 unspecified atom stereocenters. The smallest absolute Gasteiger partial charge is 0.161 e. The van der Waals surface area contributed by atoms with Crippen molar-refractivity contribution in [3.05, 3.63) is 54.1 Å². The van der Waals surface area contributed by atoms with Crippen LogP contribution in [0.5, 0.6) is 11.5 Å². The second-order valence-corrected chi connectivity index (χ2v) is 4.49. The molecule has 2 aromatic rings. The number of methoxy groups -OCH3 is 1. The first-order valence-electron chi connectivity index (χ1n) is 6.98. The van der Waals surface area contributed by atoms with Gasteiger partial charge < -0.3 is 9.47 Å². The standard InChI is InChI=1S/C17H20N2O2/c1-3-11-21-16-10-9-14(12-17(16)20-2)13-18-19-15-7-5-4-6-8-15/h4-10,12-13,19H,3,11H2,1-2H3/b18-13+.